The van der Waals surface area contributed by atoms with Crippen molar-refractivity contribution in [2.45, 2.75) is 26.4 Å². The lowest BCUT2D eigenvalue weighted by atomic mass is 10.0. The molecule has 120 valence electrons. The second kappa shape index (κ2) is 7.42. The molecule has 0 aliphatic rings. The molecule has 2 aromatic rings. The third-order valence-electron chi connectivity index (χ3n) is 3.55. The van der Waals surface area contributed by atoms with Gasteiger partial charge in [0.1, 0.15) is 12.4 Å². The van der Waals surface area contributed by atoms with Crippen molar-refractivity contribution in [1.82, 2.24) is 4.98 Å². The van der Waals surface area contributed by atoms with Crippen LogP contribution < -0.4 is 9.47 Å². The van der Waals surface area contributed by atoms with Gasteiger partial charge in [0, 0.05) is 23.6 Å². The maximum atomic E-state index is 9.98. The largest absolute Gasteiger partial charge is 0.491 e. The smallest absolute Gasteiger partial charge is 0.216 e. The Kier molecular flexibility index (Phi) is 5.57. The molecular weight excluding hydrogens is 282 g/mol. The van der Waals surface area contributed by atoms with Crippen LogP contribution in [0.25, 0.3) is 10.9 Å². The summed E-state index contributed by atoms with van der Waals surface area (Å²) in [6.07, 6.45) is 0.199. The number of aliphatic hydroxyl groups is 1. The lowest BCUT2D eigenvalue weighted by Gasteiger charge is -2.15. The van der Waals surface area contributed by atoms with E-state index in [1.807, 2.05) is 12.1 Å². The number of ether oxygens (including phenoxy) is 3. The first-order valence-corrected chi connectivity index (χ1v) is 7.42. The van der Waals surface area contributed by atoms with Gasteiger partial charge in [-0.2, -0.15) is 0 Å². The lowest BCUT2D eigenvalue weighted by Crippen LogP contribution is -2.07. The third kappa shape index (κ3) is 3.48. The molecule has 0 fully saturated rings. The van der Waals surface area contributed by atoms with Crippen molar-refractivity contribution in [3.63, 3.8) is 0 Å². The van der Waals surface area contributed by atoms with Gasteiger partial charge in [0.05, 0.1) is 25.3 Å². The zero-order chi connectivity index (χ0) is 16.1. The van der Waals surface area contributed by atoms with E-state index in [0.717, 1.165) is 22.9 Å². The summed E-state index contributed by atoms with van der Waals surface area (Å²) in [5.41, 5.74) is 2.54. The number of aromatic nitrogens is 1. The SMILES string of the molecule is CCc1cc2cc(OCCOC)c(C(C)O)cc2nc1OC. The Labute approximate surface area is 130 Å². The summed E-state index contributed by atoms with van der Waals surface area (Å²) < 4.78 is 16.1. The fraction of sp³-hybridized carbons (Fsp3) is 0.471. The predicted octanol–water partition coefficient (Wildman–Crippen LogP) is 2.88. The van der Waals surface area contributed by atoms with E-state index in [9.17, 15) is 5.11 Å². The number of fused-ring (bicyclic) bond motifs is 1. The summed E-state index contributed by atoms with van der Waals surface area (Å²) in [7, 11) is 3.24. The van der Waals surface area contributed by atoms with E-state index < -0.39 is 6.10 Å². The van der Waals surface area contributed by atoms with E-state index >= 15 is 0 Å². The lowest BCUT2D eigenvalue weighted by molar-refractivity contribution is 0.141. The number of methoxy groups -OCH3 is 2. The van der Waals surface area contributed by atoms with E-state index in [-0.39, 0.29) is 0 Å². The third-order valence-corrected chi connectivity index (χ3v) is 3.55. The van der Waals surface area contributed by atoms with Gasteiger partial charge in [-0.05, 0) is 31.5 Å². The molecule has 0 spiro atoms. The van der Waals surface area contributed by atoms with Gasteiger partial charge in [-0.15, -0.1) is 0 Å². The van der Waals surface area contributed by atoms with Gasteiger partial charge < -0.3 is 19.3 Å². The summed E-state index contributed by atoms with van der Waals surface area (Å²) in [6, 6.07) is 5.82. The highest BCUT2D eigenvalue weighted by molar-refractivity contribution is 5.83. The summed E-state index contributed by atoms with van der Waals surface area (Å²) >= 11 is 0. The van der Waals surface area contributed by atoms with E-state index in [4.69, 9.17) is 14.2 Å². The molecule has 0 amide bonds. The van der Waals surface area contributed by atoms with Crippen molar-refractivity contribution in [3.05, 3.63) is 29.3 Å². The number of nitrogens with zero attached hydrogens (tertiary/aromatic N) is 1. The Bertz CT molecular complexity index is 640. The molecule has 0 saturated heterocycles. The minimum atomic E-state index is -0.638. The van der Waals surface area contributed by atoms with Gasteiger partial charge in [-0.3, -0.25) is 0 Å². The van der Waals surface area contributed by atoms with Crippen LogP contribution in [-0.2, 0) is 11.2 Å². The number of aliphatic hydroxyl groups excluding tert-OH is 1. The highest BCUT2D eigenvalue weighted by atomic mass is 16.5. The van der Waals surface area contributed by atoms with E-state index in [1.54, 1.807) is 21.1 Å². The Hall–Kier alpha value is -1.85. The number of aryl methyl sites for hydroxylation is 1. The Morgan fingerprint density at radius 2 is 1.95 bits per heavy atom. The molecule has 0 saturated carbocycles. The van der Waals surface area contributed by atoms with Gasteiger partial charge in [0.2, 0.25) is 5.88 Å². The molecule has 1 unspecified atom stereocenters. The van der Waals surface area contributed by atoms with Gasteiger partial charge in [0.15, 0.2) is 0 Å². The maximum absolute atomic E-state index is 9.98. The molecule has 1 aromatic heterocycles. The normalized spacial score (nSPS) is 12.4. The highest BCUT2D eigenvalue weighted by Crippen LogP contribution is 2.32. The minimum Gasteiger partial charge on any atom is -0.491 e. The summed E-state index contributed by atoms with van der Waals surface area (Å²) in [6.45, 7) is 4.71. The topological polar surface area (TPSA) is 60.8 Å². The minimum absolute atomic E-state index is 0.436. The monoisotopic (exact) mass is 305 g/mol. The van der Waals surface area contributed by atoms with Crippen molar-refractivity contribution in [2.24, 2.45) is 0 Å². The molecule has 1 aromatic carbocycles. The van der Waals surface area contributed by atoms with Crippen LogP contribution in [0.5, 0.6) is 11.6 Å². The second-order valence-electron chi connectivity index (χ2n) is 5.11. The van der Waals surface area contributed by atoms with Crippen LogP contribution in [0.15, 0.2) is 18.2 Å². The Balaban J connectivity index is 2.51. The molecule has 5 heteroatoms. The summed E-state index contributed by atoms with van der Waals surface area (Å²) in [4.78, 5) is 4.53. The van der Waals surface area contributed by atoms with E-state index in [1.165, 1.54) is 0 Å². The number of benzene rings is 1. The molecule has 0 radical (unpaired) electrons. The van der Waals surface area contributed by atoms with Crippen molar-refractivity contribution in [1.29, 1.82) is 0 Å². The molecule has 0 aliphatic heterocycles. The van der Waals surface area contributed by atoms with Gasteiger partial charge >= 0.3 is 0 Å². The molecule has 1 heterocycles. The molecule has 0 bridgehead atoms. The van der Waals surface area contributed by atoms with Crippen molar-refractivity contribution >= 4 is 10.9 Å². The fourth-order valence-corrected chi connectivity index (χ4v) is 2.36. The predicted molar refractivity (Wildman–Crippen MR) is 85.7 cm³/mol. The first kappa shape index (κ1) is 16.5. The van der Waals surface area contributed by atoms with Crippen LogP contribution in [0.2, 0.25) is 0 Å². The van der Waals surface area contributed by atoms with Crippen LogP contribution in [0.3, 0.4) is 0 Å². The number of hydrogen-bond donors (Lipinski definition) is 1. The highest BCUT2D eigenvalue weighted by Gasteiger charge is 2.14. The van der Waals surface area contributed by atoms with Gasteiger partial charge in [-0.1, -0.05) is 6.92 Å². The zero-order valence-electron chi connectivity index (χ0n) is 13.5. The fourth-order valence-electron chi connectivity index (χ4n) is 2.36. The molecule has 2 rings (SSSR count). The summed E-state index contributed by atoms with van der Waals surface area (Å²) in [5.74, 6) is 1.29. The molecular formula is C17H23NO4. The molecule has 22 heavy (non-hydrogen) atoms. The van der Waals surface area contributed by atoms with Gasteiger partial charge in [0.25, 0.3) is 0 Å². The molecule has 1 N–H and O–H groups in total. The maximum Gasteiger partial charge on any atom is 0.216 e. The average molecular weight is 305 g/mol. The van der Waals surface area contributed by atoms with Crippen LogP contribution >= 0.6 is 0 Å². The first-order valence-electron chi connectivity index (χ1n) is 7.42. The van der Waals surface area contributed by atoms with Crippen molar-refractivity contribution in [2.75, 3.05) is 27.4 Å². The van der Waals surface area contributed by atoms with Crippen LogP contribution in [0.4, 0.5) is 0 Å². The van der Waals surface area contributed by atoms with Crippen LogP contribution in [0.1, 0.15) is 31.1 Å². The zero-order valence-corrected chi connectivity index (χ0v) is 13.5. The van der Waals surface area contributed by atoms with Crippen LogP contribution in [-0.4, -0.2) is 37.5 Å². The second-order valence-corrected chi connectivity index (χ2v) is 5.11. The Morgan fingerprint density at radius 1 is 1.18 bits per heavy atom. The number of pyridine rings is 1. The summed E-state index contributed by atoms with van der Waals surface area (Å²) in [5, 5.41) is 10.9. The number of rotatable bonds is 7. The average Bonchev–Trinajstić information content (AvgIpc) is 2.52. The molecule has 0 aliphatic carbocycles. The van der Waals surface area contributed by atoms with Crippen molar-refractivity contribution < 1.29 is 19.3 Å². The standard InChI is InChI=1S/C17H23NO4/c1-5-12-8-13-9-16(22-7-6-20-3)14(11(2)19)10-15(13)18-17(12)21-4/h8-11,19H,5-7H2,1-4H3. The quantitative estimate of drug-likeness (QED) is 0.797. The molecule has 5 nitrogen and oxygen atoms in total. The van der Waals surface area contributed by atoms with Crippen molar-refractivity contribution in [3.8, 4) is 11.6 Å². The van der Waals surface area contributed by atoms with Crippen LogP contribution in [0, 0.1) is 0 Å². The van der Waals surface area contributed by atoms with E-state index in [2.05, 4.69) is 18.0 Å². The Morgan fingerprint density at radius 3 is 2.55 bits per heavy atom. The van der Waals surface area contributed by atoms with E-state index in [0.29, 0.717) is 30.4 Å². The molecule has 1 atom stereocenters. The number of hydrogen-bond acceptors (Lipinski definition) is 5. The van der Waals surface area contributed by atoms with Gasteiger partial charge in [-0.25, -0.2) is 4.98 Å². The first-order chi connectivity index (χ1) is 10.6.